The molecule has 2 aromatic heterocycles. The summed E-state index contributed by atoms with van der Waals surface area (Å²) in [4.78, 5) is 10.4. The maximum absolute atomic E-state index is 14.2. The zero-order valence-corrected chi connectivity index (χ0v) is 17.0. The molecule has 1 aliphatic carbocycles. The SMILES string of the molecule is C#CC1(F)CCN(c2nnc(-c3cnc(NC4Cc5cc(F)c(F)cc5C4)nc3)o2)CC1. The van der Waals surface area contributed by atoms with Crippen LogP contribution in [-0.2, 0) is 12.8 Å². The predicted molar refractivity (Wildman–Crippen MR) is 111 cm³/mol. The molecule has 32 heavy (non-hydrogen) atoms. The zero-order chi connectivity index (χ0) is 22.3. The van der Waals surface area contributed by atoms with Crippen molar-refractivity contribution in [2.45, 2.75) is 37.4 Å². The largest absolute Gasteiger partial charge is 0.403 e. The summed E-state index contributed by atoms with van der Waals surface area (Å²) in [6.45, 7) is 0.776. The molecule has 0 amide bonds. The number of benzene rings is 1. The quantitative estimate of drug-likeness (QED) is 0.624. The Morgan fingerprint density at radius 1 is 1.06 bits per heavy atom. The molecule has 10 heteroatoms. The number of halogens is 3. The van der Waals surface area contributed by atoms with Crippen LogP contribution in [0.1, 0.15) is 24.0 Å². The minimum Gasteiger partial charge on any atom is -0.403 e. The first-order valence-corrected chi connectivity index (χ1v) is 10.2. The molecule has 0 radical (unpaired) electrons. The van der Waals surface area contributed by atoms with Gasteiger partial charge in [0.2, 0.25) is 5.95 Å². The van der Waals surface area contributed by atoms with E-state index in [0.29, 0.717) is 43.5 Å². The molecule has 3 aromatic rings. The van der Waals surface area contributed by atoms with E-state index in [2.05, 4.69) is 31.4 Å². The predicted octanol–water partition coefficient (Wildman–Crippen LogP) is 3.33. The molecule has 1 aliphatic heterocycles. The number of anilines is 2. The smallest absolute Gasteiger partial charge is 0.318 e. The molecule has 1 aromatic carbocycles. The molecular weight excluding hydrogens is 421 g/mol. The first-order valence-electron chi connectivity index (χ1n) is 10.2. The highest BCUT2D eigenvalue weighted by Crippen LogP contribution is 2.30. The van der Waals surface area contributed by atoms with Crippen molar-refractivity contribution >= 4 is 12.0 Å². The lowest BCUT2D eigenvalue weighted by atomic mass is 9.95. The fraction of sp³-hybridized carbons (Fsp3) is 0.364. The van der Waals surface area contributed by atoms with E-state index in [1.165, 1.54) is 12.1 Å². The lowest BCUT2D eigenvalue weighted by Gasteiger charge is -2.31. The van der Waals surface area contributed by atoms with Gasteiger partial charge in [0.25, 0.3) is 5.89 Å². The number of hydrogen-bond acceptors (Lipinski definition) is 7. The highest BCUT2D eigenvalue weighted by Gasteiger charge is 2.34. The number of hydrogen-bond donors (Lipinski definition) is 1. The van der Waals surface area contributed by atoms with E-state index in [4.69, 9.17) is 10.8 Å². The second-order valence-corrected chi connectivity index (χ2v) is 8.07. The number of terminal acetylenes is 1. The molecule has 0 unspecified atom stereocenters. The van der Waals surface area contributed by atoms with Crippen molar-refractivity contribution in [1.29, 1.82) is 0 Å². The van der Waals surface area contributed by atoms with E-state index < -0.39 is 17.3 Å². The number of aromatic nitrogens is 4. The van der Waals surface area contributed by atoms with Crippen LogP contribution in [0.2, 0.25) is 0 Å². The van der Waals surface area contributed by atoms with E-state index >= 15 is 0 Å². The van der Waals surface area contributed by atoms with Crippen molar-refractivity contribution in [2.75, 3.05) is 23.3 Å². The third-order valence-corrected chi connectivity index (χ3v) is 5.91. The van der Waals surface area contributed by atoms with Gasteiger partial charge in [-0.25, -0.2) is 23.1 Å². The summed E-state index contributed by atoms with van der Waals surface area (Å²) < 4.78 is 46.8. The van der Waals surface area contributed by atoms with Crippen LogP contribution < -0.4 is 10.2 Å². The molecule has 0 atom stereocenters. The Kier molecular flexibility index (Phi) is 4.96. The van der Waals surface area contributed by atoms with Crippen LogP contribution in [0.25, 0.3) is 11.5 Å². The summed E-state index contributed by atoms with van der Waals surface area (Å²) in [5.41, 5.74) is 0.510. The summed E-state index contributed by atoms with van der Waals surface area (Å²) in [7, 11) is 0. The third kappa shape index (κ3) is 3.86. The maximum Gasteiger partial charge on any atom is 0.318 e. The normalized spacial score (nSPS) is 17.8. The van der Waals surface area contributed by atoms with Crippen molar-refractivity contribution < 1.29 is 17.6 Å². The molecule has 1 saturated heterocycles. The molecule has 1 N–H and O–H groups in total. The van der Waals surface area contributed by atoms with Gasteiger partial charge in [-0.3, -0.25) is 0 Å². The third-order valence-electron chi connectivity index (χ3n) is 5.91. The van der Waals surface area contributed by atoms with Crippen LogP contribution >= 0.6 is 0 Å². The highest BCUT2D eigenvalue weighted by atomic mass is 19.2. The molecule has 164 valence electrons. The van der Waals surface area contributed by atoms with Crippen LogP contribution in [0.15, 0.2) is 28.9 Å². The van der Waals surface area contributed by atoms with Crippen molar-refractivity contribution in [3.05, 3.63) is 47.3 Å². The molecule has 7 nitrogen and oxygen atoms in total. The lowest BCUT2D eigenvalue weighted by molar-refractivity contribution is 0.194. The molecular formula is C22H19F3N6O. The minimum absolute atomic E-state index is 0.0585. The first kappa shape index (κ1) is 20.3. The maximum atomic E-state index is 14.2. The van der Waals surface area contributed by atoms with E-state index in [9.17, 15) is 13.2 Å². The van der Waals surface area contributed by atoms with Crippen LogP contribution in [0.3, 0.4) is 0 Å². The van der Waals surface area contributed by atoms with E-state index in [0.717, 1.165) is 11.1 Å². The van der Waals surface area contributed by atoms with Gasteiger partial charge in [-0.15, -0.1) is 11.5 Å². The van der Waals surface area contributed by atoms with E-state index in [-0.39, 0.29) is 24.8 Å². The summed E-state index contributed by atoms with van der Waals surface area (Å²) in [6.07, 6.45) is 9.88. The van der Waals surface area contributed by atoms with Crippen molar-refractivity contribution in [3.63, 3.8) is 0 Å². The molecule has 5 rings (SSSR count). The van der Waals surface area contributed by atoms with Gasteiger partial charge in [-0.1, -0.05) is 11.0 Å². The van der Waals surface area contributed by atoms with Crippen LogP contribution in [0.5, 0.6) is 0 Å². The van der Waals surface area contributed by atoms with Gasteiger partial charge in [0, 0.05) is 44.4 Å². The Morgan fingerprint density at radius 2 is 1.69 bits per heavy atom. The fourth-order valence-electron chi connectivity index (χ4n) is 4.07. The van der Waals surface area contributed by atoms with Gasteiger partial charge in [-0.2, -0.15) is 0 Å². The van der Waals surface area contributed by atoms with Gasteiger partial charge in [0.1, 0.15) is 0 Å². The minimum atomic E-state index is -1.58. The number of fused-ring (bicyclic) bond motifs is 1. The Bertz CT molecular complexity index is 1150. The van der Waals surface area contributed by atoms with Crippen molar-refractivity contribution in [2.24, 2.45) is 0 Å². The fourth-order valence-corrected chi connectivity index (χ4v) is 4.07. The number of rotatable bonds is 4. The molecule has 3 heterocycles. The second-order valence-electron chi connectivity index (χ2n) is 8.07. The topological polar surface area (TPSA) is 80.0 Å². The second kappa shape index (κ2) is 7.82. The molecule has 0 spiro atoms. The molecule has 2 aliphatic rings. The van der Waals surface area contributed by atoms with Gasteiger partial charge >= 0.3 is 6.01 Å². The van der Waals surface area contributed by atoms with Crippen LogP contribution in [-0.4, -0.2) is 45.0 Å². The Balaban J connectivity index is 1.22. The van der Waals surface area contributed by atoms with Crippen LogP contribution in [0, 0.1) is 24.0 Å². The number of nitrogens with zero attached hydrogens (tertiary/aromatic N) is 5. The Labute approximate surface area is 182 Å². The van der Waals surface area contributed by atoms with Gasteiger partial charge in [-0.05, 0) is 36.1 Å². The lowest BCUT2D eigenvalue weighted by Crippen LogP contribution is -2.41. The summed E-state index contributed by atoms with van der Waals surface area (Å²) in [5.74, 6) is 1.17. The average molecular weight is 440 g/mol. The van der Waals surface area contributed by atoms with Crippen molar-refractivity contribution in [3.8, 4) is 23.8 Å². The molecule has 0 saturated carbocycles. The zero-order valence-electron chi connectivity index (χ0n) is 17.0. The summed E-state index contributed by atoms with van der Waals surface area (Å²) in [5, 5.41) is 11.2. The van der Waals surface area contributed by atoms with E-state index in [1.807, 2.05) is 0 Å². The van der Waals surface area contributed by atoms with Gasteiger partial charge in [0.15, 0.2) is 17.3 Å². The van der Waals surface area contributed by atoms with Crippen LogP contribution in [0.4, 0.5) is 25.1 Å². The molecule has 1 fully saturated rings. The first-order chi connectivity index (χ1) is 15.4. The Hall–Kier alpha value is -3.61. The number of piperidine rings is 1. The highest BCUT2D eigenvalue weighted by molar-refractivity contribution is 5.52. The number of alkyl halides is 1. The Morgan fingerprint density at radius 3 is 2.28 bits per heavy atom. The standard InChI is InChI=1S/C22H19F3N6O/c1-2-22(25)3-5-31(6-4-22)21-30-29-19(32-21)15-11-26-20(27-12-15)28-16-7-13-9-17(23)18(24)10-14(13)8-16/h1,9-12,16H,3-8H2,(H,26,27,28). The monoisotopic (exact) mass is 440 g/mol. The summed E-state index contributed by atoms with van der Waals surface area (Å²) >= 11 is 0. The number of nitrogens with one attached hydrogen (secondary N) is 1. The van der Waals surface area contributed by atoms with Gasteiger partial charge in [0.05, 0.1) is 5.56 Å². The summed E-state index contributed by atoms with van der Waals surface area (Å²) in [6, 6.07) is 2.72. The van der Waals surface area contributed by atoms with Gasteiger partial charge < -0.3 is 14.6 Å². The van der Waals surface area contributed by atoms with Crippen molar-refractivity contribution in [1.82, 2.24) is 20.2 Å². The average Bonchev–Trinajstić information content (AvgIpc) is 3.42. The molecule has 0 bridgehead atoms. The van der Waals surface area contributed by atoms with E-state index in [1.54, 1.807) is 17.3 Å².